The molecule has 2 aromatic rings. The molecule has 0 radical (unpaired) electrons. The summed E-state index contributed by atoms with van der Waals surface area (Å²) < 4.78 is 85.1. The van der Waals surface area contributed by atoms with Crippen molar-refractivity contribution in [2.24, 2.45) is 0 Å². The molecule has 0 saturated carbocycles. The van der Waals surface area contributed by atoms with Gasteiger partial charge in [0.1, 0.15) is 0 Å². The van der Waals surface area contributed by atoms with Gasteiger partial charge in [-0.3, -0.25) is 0 Å². The molecule has 2 aliphatic rings. The molecule has 4 rings (SSSR count). The average molecular weight is 492 g/mol. The third-order valence-electron chi connectivity index (χ3n) is 5.41. The maximum Gasteiger partial charge on any atom is 0.416 e. The van der Waals surface area contributed by atoms with E-state index in [4.69, 9.17) is 20.9 Å². The lowest BCUT2D eigenvalue weighted by molar-refractivity contribution is -0.138. The van der Waals surface area contributed by atoms with Crippen LogP contribution in [0, 0.1) is 0 Å². The van der Waals surface area contributed by atoms with Crippen molar-refractivity contribution in [3.63, 3.8) is 0 Å². The normalized spacial score (nSPS) is 17.2. The molecule has 2 heterocycles. The van der Waals surface area contributed by atoms with Gasteiger partial charge >= 0.3 is 12.4 Å². The quantitative estimate of drug-likeness (QED) is 0.482. The Balaban J connectivity index is 0.000000191. The topological polar surface area (TPSA) is 77.0 Å². The molecule has 188 valence electrons. The van der Waals surface area contributed by atoms with E-state index in [1.807, 2.05) is 9.80 Å². The van der Waals surface area contributed by atoms with Gasteiger partial charge in [-0.05, 0) is 36.4 Å². The predicted octanol–water partition coefficient (Wildman–Crippen LogP) is 4.25. The number of rotatable bonds is 2. The highest BCUT2D eigenvalue weighted by atomic mass is 19.4. The third kappa shape index (κ3) is 6.60. The van der Waals surface area contributed by atoms with E-state index in [1.165, 1.54) is 12.1 Å². The van der Waals surface area contributed by atoms with Gasteiger partial charge in [0, 0.05) is 26.2 Å². The fraction of sp³-hybridized carbons (Fsp3) is 0.455. The number of halogens is 6. The number of morpholine rings is 2. The fourth-order valence-corrected chi connectivity index (χ4v) is 3.65. The highest BCUT2D eigenvalue weighted by Gasteiger charge is 2.32. The number of nitrogens with zero attached hydrogens (tertiary/aromatic N) is 2. The van der Waals surface area contributed by atoms with Gasteiger partial charge in [0.05, 0.1) is 60.3 Å². The second kappa shape index (κ2) is 10.6. The second-order valence-electron chi connectivity index (χ2n) is 7.74. The molecule has 6 nitrogen and oxygen atoms in total. The zero-order chi connectivity index (χ0) is 24.9. The SMILES string of the molecule is Nc1cc(C(F)(F)F)ccc1N1CCOCC1.Nc1cc(C(F)(F)F)ccc1N1CCOCC1. The maximum absolute atomic E-state index is 12.5. The Bertz CT molecular complexity index is 878. The Hall–Kier alpha value is -2.86. The Kier molecular flexibility index (Phi) is 8.03. The Morgan fingerprint density at radius 1 is 0.588 bits per heavy atom. The van der Waals surface area contributed by atoms with Crippen LogP contribution in [-0.2, 0) is 21.8 Å². The second-order valence-corrected chi connectivity index (χ2v) is 7.74. The Labute approximate surface area is 193 Å². The first-order valence-electron chi connectivity index (χ1n) is 10.6. The van der Waals surface area contributed by atoms with Crippen LogP contribution in [0.1, 0.15) is 11.1 Å². The largest absolute Gasteiger partial charge is 0.416 e. The lowest BCUT2D eigenvalue weighted by Gasteiger charge is -2.30. The third-order valence-corrected chi connectivity index (χ3v) is 5.41. The first-order chi connectivity index (χ1) is 16.0. The van der Waals surface area contributed by atoms with Gasteiger partial charge in [-0.2, -0.15) is 26.3 Å². The van der Waals surface area contributed by atoms with Crippen LogP contribution in [0.5, 0.6) is 0 Å². The van der Waals surface area contributed by atoms with Crippen molar-refractivity contribution >= 4 is 22.7 Å². The van der Waals surface area contributed by atoms with Gasteiger partial charge in [-0.1, -0.05) is 0 Å². The number of nitrogen functional groups attached to an aromatic ring is 2. The molecule has 0 atom stereocenters. The van der Waals surface area contributed by atoms with E-state index in [-0.39, 0.29) is 11.4 Å². The highest BCUT2D eigenvalue weighted by Crippen LogP contribution is 2.35. The number of alkyl halides is 6. The number of hydrogen-bond donors (Lipinski definition) is 2. The monoisotopic (exact) mass is 492 g/mol. The summed E-state index contributed by atoms with van der Waals surface area (Å²) in [7, 11) is 0. The lowest BCUT2D eigenvalue weighted by Crippen LogP contribution is -2.36. The fourth-order valence-electron chi connectivity index (χ4n) is 3.65. The van der Waals surface area contributed by atoms with Crippen molar-refractivity contribution in [3.8, 4) is 0 Å². The van der Waals surface area contributed by atoms with Crippen LogP contribution in [0.15, 0.2) is 36.4 Å². The standard InChI is InChI=1S/2C11H13F3N2O/c2*12-11(13,14)8-1-2-10(9(15)7-8)16-3-5-17-6-4-16/h2*1-2,7H,3-6,15H2. The summed E-state index contributed by atoms with van der Waals surface area (Å²) in [5, 5.41) is 0. The van der Waals surface area contributed by atoms with Crippen molar-refractivity contribution in [3.05, 3.63) is 47.5 Å². The minimum absolute atomic E-state index is 0.154. The van der Waals surface area contributed by atoms with E-state index >= 15 is 0 Å². The van der Waals surface area contributed by atoms with Crippen LogP contribution < -0.4 is 21.3 Å². The van der Waals surface area contributed by atoms with E-state index in [2.05, 4.69) is 0 Å². The molecule has 2 fully saturated rings. The van der Waals surface area contributed by atoms with Crippen molar-refractivity contribution < 1.29 is 35.8 Å². The summed E-state index contributed by atoms with van der Waals surface area (Å²) in [6, 6.07) is 6.91. The van der Waals surface area contributed by atoms with Crippen molar-refractivity contribution in [1.29, 1.82) is 0 Å². The molecule has 0 bridgehead atoms. The van der Waals surface area contributed by atoms with Gasteiger partial charge in [-0.15, -0.1) is 0 Å². The first kappa shape index (κ1) is 25.8. The number of hydrogen-bond acceptors (Lipinski definition) is 6. The van der Waals surface area contributed by atoms with E-state index in [0.717, 1.165) is 24.3 Å². The van der Waals surface area contributed by atoms with Crippen LogP contribution in [0.25, 0.3) is 0 Å². The van der Waals surface area contributed by atoms with Crippen molar-refractivity contribution in [2.45, 2.75) is 12.4 Å². The van der Waals surface area contributed by atoms with E-state index in [0.29, 0.717) is 64.0 Å². The van der Waals surface area contributed by atoms with Gasteiger partial charge in [-0.25, -0.2) is 0 Å². The molecule has 2 saturated heterocycles. The molecule has 2 aliphatic heterocycles. The smallest absolute Gasteiger partial charge is 0.397 e. The van der Waals surface area contributed by atoms with Crippen LogP contribution in [0.4, 0.5) is 49.1 Å². The molecule has 34 heavy (non-hydrogen) atoms. The highest BCUT2D eigenvalue weighted by molar-refractivity contribution is 5.69. The van der Waals surface area contributed by atoms with Crippen molar-refractivity contribution in [1.82, 2.24) is 0 Å². The average Bonchev–Trinajstić information content (AvgIpc) is 2.79. The molecule has 0 spiro atoms. The van der Waals surface area contributed by atoms with Gasteiger partial charge in [0.2, 0.25) is 0 Å². The molecule has 12 heteroatoms. The first-order valence-corrected chi connectivity index (χ1v) is 10.6. The Morgan fingerprint density at radius 3 is 1.18 bits per heavy atom. The van der Waals surface area contributed by atoms with E-state index < -0.39 is 23.5 Å². The van der Waals surface area contributed by atoms with Gasteiger partial charge in [0.25, 0.3) is 0 Å². The molecular weight excluding hydrogens is 466 g/mol. The van der Waals surface area contributed by atoms with Crippen LogP contribution >= 0.6 is 0 Å². The summed E-state index contributed by atoms with van der Waals surface area (Å²) in [5.41, 5.74) is 11.5. The lowest BCUT2D eigenvalue weighted by atomic mass is 10.1. The molecule has 0 unspecified atom stereocenters. The van der Waals surface area contributed by atoms with Crippen molar-refractivity contribution in [2.75, 3.05) is 73.9 Å². The zero-order valence-corrected chi connectivity index (χ0v) is 18.3. The molecule has 0 amide bonds. The van der Waals surface area contributed by atoms with E-state index in [9.17, 15) is 26.3 Å². The number of anilines is 4. The van der Waals surface area contributed by atoms with Crippen LogP contribution in [-0.4, -0.2) is 52.6 Å². The zero-order valence-electron chi connectivity index (χ0n) is 18.3. The molecular formula is C22H26F6N4O2. The van der Waals surface area contributed by atoms with Gasteiger partial charge in [0.15, 0.2) is 0 Å². The maximum atomic E-state index is 12.5. The van der Waals surface area contributed by atoms with Gasteiger partial charge < -0.3 is 30.7 Å². The number of benzene rings is 2. The summed E-state index contributed by atoms with van der Waals surface area (Å²) in [4.78, 5) is 3.86. The molecule has 4 N–H and O–H groups in total. The number of ether oxygens (including phenoxy) is 2. The van der Waals surface area contributed by atoms with Crippen LogP contribution in [0.3, 0.4) is 0 Å². The Morgan fingerprint density at radius 2 is 0.912 bits per heavy atom. The summed E-state index contributed by atoms with van der Waals surface area (Å²) in [6.45, 7) is 4.87. The summed E-state index contributed by atoms with van der Waals surface area (Å²) in [6.07, 6.45) is -8.70. The summed E-state index contributed by atoms with van der Waals surface area (Å²) in [5.74, 6) is 0. The number of nitrogens with two attached hydrogens (primary N) is 2. The molecule has 0 aromatic heterocycles. The summed E-state index contributed by atoms with van der Waals surface area (Å²) >= 11 is 0. The van der Waals surface area contributed by atoms with Crippen LogP contribution in [0.2, 0.25) is 0 Å². The molecule has 2 aromatic carbocycles. The minimum atomic E-state index is -4.35. The minimum Gasteiger partial charge on any atom is -0.397 e. The predicted molar refractivity (Wildman–Crippen MR) is 118 cm³/mol. The molecule has 0 aliphatic carbocycles. The van der Waals surface area contributed by atoms with E-state index in [1.54, 1.807) is 0 Å².